The molecule has 0 atom stereocenters. The van der Waals surface area contributed by atoms with Crippen molar-refractivity contribution in [2.45, 2.75) is 61.8 Å². The van der Waals surface area contributed by atoms with Gasteiger partial charge in [-0.1, -0.05) is 68.0 Å². The third kappa shape index (κ3) is 11.0. The van der Waals surface area contributed by atoms with Crippen molar-refractivity contribution >= 4 is 77.6 Å². The Morgan fingerprint density at radius 2 is 0.988 bits per heavy atom. The molecule has 0 aliphatic carbocycles. The first-order valence-electron chi connectivity index (χ1n) is 27.6. The number of piperidine rings is 1. The fourth-order valence-electron chi connectivity index (χ4n) is 11.5. The number of likely N-dealkylation sites (N-methyl/N-ethyl adjacent to an activating group) is 1. The number of carbonyl (C=O) groups excluding carboxylic acids is 1. The molecule has 0 bridgehead atoms. The fraction of sp³-hybridized carbons (Fsp3) is 0.292. The molecule has 0 unspecified atom stereocenters. The number of aromatic nitrogens is 10. The number of rotatable bonds is 8. The Balaban J connectivity index is 0.000000167. The van der Waals surface area contributed by atoms with E-state index in [4.69, 9.17) is 28.5 Å². The van der Waals surface area contributed by atoms with E-state index in [1.807, 2.05) is 118 Å². The lowest BCUT2D eigenvalue weighted by Crippen LogP contribution is -2.47. The molecular formula is C65H69N13O7. The lowest BCUT2D eigenvalue weighted by molar-refractivity contribution is 0.0650. The lowest BCUT2D eigenvalue weighted by atomic mass is 9.99. The van der Waals surface area contributed by atoms with Crippen LogP contribution in [0.25, 0.3) is 110 Å². The van der Waals surface area contributed by atoms with Crippen molar-refractivity contribution in [1.82, 2.24) is 64.9 Å². The van der Waals surface area contributed by atoms with Crippen molar-refractivity contribution in [2.75, 3.05) is 67.6 Å². The van der Waals surface area contributed by atoms with Crippen molar-refractivity contribution in [1.29, 1.82) is 0 Å². The molecule has 0 spiro atoms. The predicted molar refractivity (Wildman–Crippen MR) is 332 cm³/mol. The van der Waals surface area contributed by atoms with Gasteiger partial charge in [-0.05, 0) is 116 Å². The van der Waals surface area contributed by atoms with Crippen LogP contribution in [0.3, 0.4) is 0 Å². The van der Waals surface area contributed by atoms with Crippen LogP contribution < -0.4 is 9.47 Å². The fourth-order valence-corrected chi connectivity index (χ4v) is 11.5. The van der Waals surface area contributed by atoms with Gasteiger partial charge in [-0.25, -0.2) is 24.7 Å². The summed E-state index contributed by atoms with van der Waals surface area (Å²) in [5, 5.41) is 23.0. The minimum atomic E-state index is -1.21. The summed E-state index contributed by atoms with van der Waals surface area (Å²) in [6.07, 6.45) is 7.74. The first-order chi connectivity index (χ1) is 40.3. The summed E-state index contributed by atoms with van der Waals surface area (Å²) in [6.45, 7) is 13.1. The minimum Gasteiger partial charge on any atom is -0.496 e. The summed E-state index contributed by atoms with van der Waals surface area (Å²) in [4.78, 5) is 66.4. The topological polar surface area (TPSA) is 244 Å². The molecule has 436 valence electrons. The number of para-hydroxylation sites is 2. The SMILES string of the molecule is C.C.CN1CCCCC1.COc1cc2c(cc1-c1c(C)noc1C)[nH]c1nc(C(=O)N3CCN(C)CC3)nc(-c3ccnc4ccccc34)c12.COc1cc2c(cc1-c1c(C)noc1C)[nH]c1nc(C(=O)O)nc(-c3ccnc4ccccc34)c12. The van der Waals surface area contributed by atoms with E-state index >= 15 is 0 Å². The van der Waals surface area contributed by atoms with Gasteiger partial charge in [0.25, 0.3) is 5.91 Å². The quantitative estimate of drug-likeness (QED) is 0.128. The first-order valence-corrected chi connectivity index (χ1v) is 27.6. The number of aryl methyl sites for hydroxylation is 4. The number of carboxylic acids is 1. The zero-order chi connectivity index (χ0) is 57.6. The van der Waals surface area contributed by atoms with Crippen LogP contribution in [0, 0.1) is 27.7 Å². The average molecular weight is 1140 g/mol. The third-order valence-corrected chi connectivity index (χ3v) is 15.7. The van der Waals surface area contributed by atoms with E-state index in [9.17, 15) is 14.7 Å². The number of hydrogen-bond acceptors (Lipinski definition) is 16. The van der Waals surface area contributed by atoms with E-state index in [1.165, 1.54) is 32.4 Å². The first kappa shape index (κ1) is 58.5. The van der Waals surface area contributed by atoms with E-state index in [2.05, 4.69) is 64.1 Å². The van der Waals surface area contributed by atoms with E-state index in [1.54, 1.807) is 26.6 Å². The smallest absolute Gasteiger partial charge is 0.374 e. The molecule has 2 aliphatic heterocycles. The predicted octanol–water partition coefficient (Wildman–Crippen LogP) is 12.7. The number of hydrogen-bond donors (Lipinski definition) is 3. The highest BCUT2D eigenvalue weighted by Gasteiger charge is 2.28. The number of carboxylic acid groups (broad SMARTS) is 1. The van der Waals surface area contributed by atoms with E-state index < -0.39 is 5.97 Å². The van der Waals surface area contributed by atoms with E-state index in [0.717, 1.165) is 107 Å². The molecule has 20 nitrogen and oxygen atoms in total. The van der Waals surface area contributed by atoms with Crippen molar-refractivity contribution in [3.63, 3.8) is 0 Å². The Morgan fingerprint density at radius 1 is 0.541 bits per heavy atom. The highest BCUT2D eigenvalue weighted by atomic mass is 16.5. The number of nitrogens with one attached hydrogen (secondary N) is 2. The second kappa shape index (κ2) is 24.3. The van der Waals surface area contributed by atoms with Crippen molar-refractivity contribution in [2.24, 2.45) is 0 Å². The second-order valence-corrected chi connectivity index (χ2v) is 21.1. The molecular weight excluding hydrogens is 1070 g/mol. The summed E-state index contributed by atoms with van der Waals surface area (Å²) in [6, 6.07) is 27.3. The zero-order valence-electron chi connectivity index (χ0n) is 47.4. The second-order valence-electron chi connectivity index (χ2n) is 21.1. The van der Waals surface area contributed by atoms with E-state index in [-0.39, 0.29) is 32.4 Å². The molecule has 0 saturated carbocycles. The number of carbonyl (C=O) groups is 2. The molecule has 10 heterocycles. The van der Waals surface area contributed by atoms with Gasteiger partial charge in [0.15, 0.2) is 0 Å². The number of nitrogens with zero attached hydrogens (tertiary/aromatic N) is 11. The van der Waals surface area contributed by atoms with Gasteiger partial charge in [0.05, 0.1) is 69.9 Å². The monoisotopic (exact) mass is 1140 g/mol. The van der Waals surface area contributed by atoms with Crippen LogP contribution in [0.2, 0.25) is 0 Å². The highest BCUT2D eigenvalue weighted by Crippen LogP contribution is 2.44. The molecule has 2 saturated heterocycles. The Bertz CT molecular complexity index is 4420. The molecule has 1 amide bonds. The largest absolute Gasteiger partial charge is 0.496 e. The molecule has 12 aromatic rings. The van der Waals surface area contributed by atoms with Gasteiger partial charge in [-0.2, -0.15) is 0 Å². The molecule has 0 radical (unpaired) electrons. The van der Waals surface area contributed by atoms with Crippen LogP contribution in [-0.4, -0.2) is 149 Å². The number of aromatic amines is 2. The Kier molecular flexibility index (Phi) is 16.7. The molecule has 8 aromatic heterocycles. The summed E-state index contributed by atoms with van der Waals surface area (Å²) in [7, 11) is 7.51. The van der Waals surface area contributed by atoms with Crippen LogP contribution in [0.4, 0.5) is 0 Å². The van der Waals surface area contributed by atoms with Crippen molar-refractivity contribution in [3.8, 4) is 56.3 Å². The number of H-pyrrole nitrogens is 2. The molecule has 20 heteroatoms. The van der Waals surface area contributed by atoms with Gasteiger partial charge >= 0.3 is 5.97 Å². The standard InChI is InChI=1S/C31H29N7O3.C26H19N5O4.C6H13N.2CH4/c1-17-26(18(2)41-36-17)22-15-24-21(16-25(22)40-4)27-28(20-9-10-32-23-8-6-5-7-19(20)23)34-30(35-29(27)33-24)31(39)38-13-11-37(3)12-14-38;1-12-21(13(2)35-31-12)17-10-19-16(11-20(17)34-3)22-23(29-25(26(32)33)30-24(22)28-19)15-8-9-27-18-7-5-4-6-14(15)18;1-7-5-3-2-4-6-7;;/h5-10,15-16H,11-14H2,1-4H3,(H,33,34,35);4-11H,1-3H3,(H,32,33)(H,28,29,30);2-6H2,1H3;2*1H4. The number of fused-ring (bicyclic) bond motifs is 8. The van der Waals surface area contributed by atoms with Crippen molar-refractivity contribution < 1.29 is 33.2 Å². The number of amides is 1. The minimum absolute atomic E-state index is 0. The van der Waals surface area contributed by atoms with Crippen LogP contribution in [0.1, 0.15) is 78.3 Å². The molecule has 3 N–H and O–H groups in total. The van der Waals surface area contributed by atoms with Gasteiger partial charge in [-0.15, -0.1) is 0 Å². The maximum atomic E-state index is 13.7. The normalized spacial score (nSPS) is 13.8. The summed E-state index contributed by atoms with van der Waals surface area (Å²) < 4.78 is 22.5. The van der Waals surface area contributed by atoms with Gasteiger partial charge in [0.1, 0.15) is 34.3 Å². The zero-order valence-corrected chi connectivity index (χ0v) is 47.4. The Hall–Kier alpha value is -9.66. The maximum Gasteiger partial charge on any atom is 0.374 e. The number of pyridine rings is 2. The lowest BCUT2D eigenvalue weighted by Gasteiger charge is -2.31. The highest BCUT2D eigenvalue weighted by molar-refractivity contribution is 6.18. The van der Waals surface area contributed by atoms with E-state index in [0.29, 0.717) is 64.2 Å². The Labute approximate surface area is 491 Å². The van der Waals surface area contributed by atoms with Gasteiger partial charge in [0.2, 0.25) is 11.6 Å². The molecule has 2 fully saturated rings. The third-order valence-electron chi connectivity index (χ3n) is 15.7. The summed E-state index contributed by atoms with van der Waals surface area (Å²) in [5.41, 5.74) is 12.0. The summed E-state index contributed by atoms with van der Waals surface area (Å²) in [5.74, 6) is 1.18. The number of piperazine rings is 1. The van der Waals surface area contributed by atoms with Gasteiger partial charge < -0.3 is 48.3 Å². The molecule has 14 rings (SSSR count). The van der Waals surface area contributed by atoms with Crippen LogP contribution in [-0.2, 0) is 0 Å². The van der Waals surface area contributed by atoms with Crippen LogP contribution in [0.5, 0.6) is 11.5 Å². The molecule has 4 aromatic carbocycles. The molecule has 2 aliphatic rings. The number of methoxy groups -OCH3 is 2. The number of ether oxygens (including phenoxy) is 2. The number of aromatic carboxylic acids is 1. The Morgan fingerprint density at radius 3 is 1.41 bits per heavy atom. The van der Waals surface area contributed by atoms with Gasteiger partial charge in [0, 0.05) is 93.4 Å². The van der Waals surface area contributed by atoms with Crippen LogP contribution in [0.15, 0.2) is 106 Å². The molecule has 85 heavy (non-hydrogen) atoms. The average Bonchev–Trinajstić information content (AvgIpc) is 1.81. The number of likely N-dealkylation sites (tertiary alicyclic amines) is 1. The maximum absolute atomic E-state index is 13.7. The van der Waals surface area contributed by atoms with Crippen molar-refractivity contribution in [3.05, 3.63) is 132 Å². The summed E-state index contributed by atoms with van der Waals surface area (Å²) >= 11 is 0. The number of benzene rings is 4. The van der Waals surface area contributed by atoms with Gasteiger partial charge in [-0.3, -0.25) is 14.8 Å². The van der Waals surface area contributed by atoms with Crippen LogP contribution >= 0.6 is 0 Å².